The first-order valence-corrected chi connectivity index (χ1v) is 7.47. The molecule has 1 heterocycles. The number of nitrogens with two attached hydrogens (primary N) is 1. The monoisotopic (exact) mass is 293 g/mol. The van der Waals surface area contributed by atoms with E-state index < -0.39 is 0 Å². The normalized spacial score (nSPS) is 22.0. The summed E-state index contributed by atoms with van der Waals surface area (Å²) in [6, 6.07) is 6.62. The fourth-order valence-corrected chi connectivity index (χ4v) is 3.15. The summed E-state index contributed by atoms with van der Waals surface area (Å²) < 4.78 is 10.8. The summed E-state index contributed by atoms with van der Waals surface area (Å²) in [6.45, 7) is 5.99. The minimum atomic E-state index is 0.176. The van der Waals surface area contributed by atoms with Crippen LogP contribution in [0.4, 0.5) is 0 Å². The lowest BCUT2D eigenvalue weighted by Gasteiger charge is -2.43. The van der Waals surface area contributed by atoms with Gasteiger partial charge in [0.25, 0.3) is 0 Å². The van der Waals surface area contributed by atoms with Crippen LogP contribution < -0.4 is 15.2 Å². The average molecular weight is 293 g/mol. The zero-order chi connectivity index (χ0) is 15.4. The molecule has 0 amide bonds. The smallest absolute Gasteiger partial charge is 0.127 e. The Morgan fingerprint density at radius 2 is 2.05 bits per heavy atom. The van der Waals surface area contributed by atoms with Crippen LogP contribution in [0.3, 0.4) is 0 Å². The van der Waals surface area contributed by atoms with E-state index in [0.29, 0.717) is 12.6 Å². The molecule has 0 aliphatic carbocycles. The summed E-state index contributed by atoms with van der Waals surface area (Å²) in [7, 11) is 5.52. The Hall–Kier alpha value is -1.30. The summed E-state index contributed by atoms with van der Waals surface area (Å²) in [5.74, 6) is 1.65. The molecule has 1 aromatic rings. The lowest BCUT2D eigenvalue weighted by Crippen LogP contribution is -2.52. The van der Waals surface area contributed by atoms with Crippen LogP contribution in [0.5, 0.6) is 11.5 Å². The van der Waals surface area contributed by atoms with Crippen LogP contribution in [0, 0.1) is 0 Å². The number of hydrogen-bond acceptors (Lipinski definition) is 5. The predicted octanol–water partition coefficient (Wildman–Crippen LogP) is 1.34. The minimum Gasteiger partial charge on any atom is -0.497 e. The Balaban J connectivity index is 2.28. The van der Waals surface area contributed by atoms with Gasteiger partial charge in [-0.3, -0.25) is 4.90 Å². The van der Waals surface area contributed by atoms with E-state index in [1.807, 2.05) is 12.1 Å². The number of piperazine rings is 1. The average Bonchev–Trinajstić information content (AvgIpc) is 2.50. The molecule has 2 unspecified atom stereocenters. The Morgan fingerprint density at radius 1 is 1.29 bits per heavy atom. The Labute approximate surface area is 127 Å². The number of hydrogen-bond donors (Lipinski definition) is 1. The molecular weight excluding hydrogens is 266 g/mol. The third-order valence-corrected chi connectivity index (χ3v) is 4.31. The molecule has 1 aliphatic heterocycles. The zero-order valence-corrected chi connectivity index (χ0v) is 13.5. The highest BCUT2D eigenvalue weighted by Gasteiger charge is 2.30. The molecule has 0 saturated carbocycles. The highest BCUT2D eigenvalue weighted by molar-refractivity contribution is 5.42. The minimum absolute atomic E-state index is 0.176. The van der Waals surface area contributed by atoms with Crippen molar-refractivity contribution in [1.82, 2.24) is 9.80 Å². The van der Waals surface area contributed by atoms with Gasteiger partial charge in [0.1, 0.15) is 11.5 Å². The second-order valence-corrected chi connectivity index (χ2v) is 5.71. The standard InChI is InChI=1S/C16H27N3O2/c1-12-11-18(2)7-8-19(12)15(10-17)14-6-5-13(20-3)9-16(14)21-4/h5-6,9,12,15H,7-8,10-11,17H2,1-4H3. The van der Waals surface area contributed by atoms with Gasteiger partial charge in [-0.15, -0.1) is 0 Å². The van der Waals surface area contributed by atoms with E-state index >= 15 is 0 Å². The molecule has 0 spiro atoms. The van der Waals surface area contributed by atoms with Crippen LogP contribution in [0.15, 0.2) is 18.2 Å². The van der Waals surface area contributed by atoms with Crippen LogP contribution in [0.2, 0.25) is 0 Å². The van der Waals surface area contributed by atoms with Gasteiger partial charge in [0.2, 0.25) is 0 Å². The molecule has 1 aromatic carbocycles. The number of benzene rings is 1. The fourth-order valence-electron chi connectivity index (χ4n) is 3.15. The van der Waals surface area contributed by atoms with Crippen molar-refractivity contribution in [3.8, 4) is 11.5 Å². The second-order valence-electron chi connectivity index (χ2n) is 5.71. The molecule has 118 valence electrons. The summed E-state index contributed by atoms with van der Waals surface area (Å²) in [4.78, 5) is 4.84. The maximum atomic E-state index is 6.08. The van der Waals surface area contributed by atoms with Gasteiger partial charge in [0.05, 0.1) is 20.3 Å². The Kier molecular flexibility index (Phi) is 5.45. The quantitative estimate of drug-likeness (QED) is 0.888. The molecule has 21 heavy (non-hydrogen) atoms. The highest BCUT2D eigenvalue weighted by atomic mass is 16.5. The largest absolute Gasteiger partial charge is 0.497 e. The second kappa shape index (κ2) is 7.11. The summed E-state index contributed by atoms with van der Waals surface area (Å²) >= 11 is 0. The molecule has 1 aliphatic rings. The molecule has 2 N–H and O–H groups in total. The van der Waals surface area contributed by atoms with Crippen molar-refractivity contribution in [3.63, 3.8) is 0 Å². The van der Waals surface area contributed by atoms with E-state index in [9.17, 15) is 0 Å². The topological polar surface area (TPSA) is 51.0 Å². The molecule has 0 radical (unpaired) electrons. The Morgan fingerprint density at radius 3 is 2.62 bits per heavy atom. The van der Waals surface area contributed by atoms with Gasteiger partial charge in [0, 0.05) is 43.9 Å². The van der Waals surface area contributed by atoms with Crippen LogP contribution in [0.25, 0.3) is 0 Å². The van der Waals surface area contributed by atoms with Crippen molar-refractivity contribution in [2.45, 2.75) is 19.0 Å². The molecule has 5 heteroatoms. The van der Waals surface area contributed by atoms with Crippen molar-refractivity contribution >= 4 is 0 Å². The third kappa shape index (κ3) is 3.48. The molecule has 1 saturated heterocycles. The number of nitrogens with zero attached hydrogens (tertiary/aromatic N) is 2. The SMILES string of the molecule is COc1ccc(C(CN)N2CCN(C)CC2C)c(OC)c1. The number of likely N-dealkylation sites (N-methyl/N-ethyl adjacent to an activating group) is 1. The fraction of sp³-hybridized carbons (Fsp3) is 0.625. The summed E-state index contributed by atoms with van der Waals surface area (Å²) in [5.41, 5.74) is 7.22. The number of ether oxygens (including phenoxy) is 2. The van der Waals surface area contributed by atoms with Crippen LogP contribution in [0.1, 0.15) is 18.5 Å². The third-order valence-electron chi connectivity index (χ3n) is 4.31. The van der Waals surface area contributed by atoms with Gasteiger partial charge in [-0.1, -0.05) is 6.07 Å². The van der Waals surface area contributed by atoms with Crippen LogP contribution in [-0.4, -0.2) is 63.3 Å². The van der Waals surface area contributed by atoms with Gasteiger partial charge >= 0.3 is 0 Å². The molecule has 0 bridgehead atoms. The van der Waals surface area contributed by atoms with Crippen molar-refractivity contribution < 1.29 is 9.47 Å². The van der Waals surface area contributed by atoms with E-state index in [1.54, 1.807) is 14.2 Å². The first-order chi connectivity index (χ1) is 10.1. The van der Waals surface area contributed by atoms with Gasteiger partial charge in [-0.25, -0.2) is 0 Å². The van der Waals surface area contributed by atoms with E-state index in [4.69, 9.17) is 15.2 Å². The molecule has 5 nitrogen and oxygen atoms in total. The van der Waals surface area contributed by atoms with Gasteiger partial charge in [-0.2, -0.15) is 0 Å². The van der Waals surface area contributed by atoms with Crippen LogP contribution in [-0.2, 0) is 0 Å². The van der Waals surface area contributed by atoms with Crippen molar-refractivity contribution in [3.05, 3.63) is 23.8 Å². The Bertz CT molecular complexity index is 467. The van der Waals surface area contributed by atoms with E-state index in [-0.39, 0.29) is 6.04 Å². The molecule has 2 rings (SSSR count). The number of methoxy groups -OCH3 is 2. The van der Waals surface area contributed by atoms with Crippen molar-refractivity contribution in [1.29, 1.82) is 0 Å². The summed E-state index contributed by atoms with van der Waals surface area (Å²) in [5, 5.41) is 0. The van der Waals surface area contributed by atoms with Gasteiger partial charge < -0.3 is 20.1 Å². The van der Waals surface area contributed by atoms with E-state index in [0.717, 1.165) is 36.7 Å². The molecule has 0 aromatic heterocycles. The maximum absolute atomic E-state index is 6.08. The lowest BCUT2D eigenvalue weighted by molar-refractivity contribution is 0.0626. The molecular formula is C16H27N3O2. The number of rotatable bonds is 5. The van der Waals surface area contributed by atoms with Gasteiger partial charge in [-0.05, 0) is 20.0 Å². The van der Waals surface area contributed by atoms with E-state index in [2.05, 4.69) is 29.8 Å². The highest BCUT2D eigenvalue weighted by Crippen LogP contribution is 2.33. The lowest BCUT2D eigenvalue weighted by atomic mass is 10.0. The first kappa shape index (κ1) is 16.1. The van der Waals surface area contributed by atoms with Crippen LogP contribution >= 0.6 is 0 Å². The maximum Gasteiger partial charge on any atom is 0.127 e. The predicted molar refractivity (Wildman–Crippen MR) is 85.0 cm³/mol. The first-order valence-electron chi connectivity index (χ1n) is 7.47. The summed E-state index contributed by atoms with van der Waals surface area (Å²) in [6.07, 6.45) is 0. The molecule has 1 fully saturated rings. The van der Waals surface area contributed by atoms with Crippen molar-refractivity contribution in [2.75, 3.05) is 47.4 Å². The van der Waals surface area contributed by atoms with Crippen molar-refractivity contribution in [2.24, 2.45) is 5.73 Å². The van der Waals surface area contributed by atoms with E-state index in [1.165, 1.54) is 0 Å². The molecule has 2 atom stereocenters. The van der Waals surface area contributed by atoms with Gasteiger partial charge in [0.15, 0.2) is 0 Å². The zero-order valence-electron chi connectivity index (χ0n) is 13.5.